The van der Waals surface area contributed by atoms with Gasteiger partial charge in [0.15, 0.2) is 0 Å². The first-order chi connectivity index (χ1) is 23.6. The van der Waals surface area contributed by atoms with Crippen LogP contribution in [0.4, 0.5) is 17.1 Å². The maximum absolute atomic E-state index is 2.50. The fraction of sp³-hybridized carbons (Fsp3) is 0.167. The van der Waals surface area contributed by atoms with Gasteiger partial charge in [-0.05, 0) is 110 Å². The standard InChI is InChI=1S/C48H43N/c1-32-16-14-25-43-46(32)40-27-26-38(31-44(40)48(43,5)6)49(37-22-15-21-34(28-37)33-17-8-7-9-18-33)45-30-36-20-11-10-19-35(36)29-41(45)39-23-12-13-24-42(39)47(2,3)4/h7-31H,1-6H3. The molecule has 0 spiro atoms. The molecule has 0 fully saturated rings. The molecule has 0 heterocycles. The molecule has 7 aromatic carbocycles. The number of anilines is 3. The third kappa shape index (κ3) is 5.25. The van der Waals surface area contributed by atoms with E-state index in [0.717, 1.165) is 11.4 Å². The Kier molecular flexibility index (Phi) is 7.34. The van der Waals surface area contributed by atoms with Crippen molar-refractivity contribution in [2.75, 3.05) is 4.90 Å². The van der Waals surface area contributed by atoms with Gasteiger partial charge in [-0.3, -0.25) is 0 Å². The maximum atomic E-state index is 2.50. The predicted octanol–water partition coefficient (Wildman–Crippen LogP) is 13.6. The Bertz CT molecular complexity index is 2350. The van der Waals surface area contributed by atoms with Gasteiger partial charge in [0.05, 0.1) is 5.69 Å². The van der Waals surface area contributed by atoms with Crippen LogP contribution in [0.2, 0.25) is 0 Å². The van der Waals surface area contributed by atoms with Crippen LogP contribution in [0.15, 0.2) is 152 Å². The Hall–Kier alpha value is -5.40. The van der Waals surface area contributed by atoms with E-state index in [-0.39, 0.29) is 10.8 Å². The summed E-state index contributed by atoms with van der Waals surface area (Å²) in [5.41, 5.74) is 16.4. The van der Waals surface area contributed by atoms with Gasteiger partial charge >= 0.3 is 0 Å². The minimum Gasteiger partial charge on any atom is -0.310 e. The summed E-state index contributed by atoms with van der Waals surface area (Å²) in [6, 6.07) is 56.2. The summed E-state index contributed by atoms with van der Waals surface area (Å²) in [5, 5.41) is 2.46. The SMILES string of the molecule is Cc1cccc2c1-c1ccc(N(c3cccc(-c4ccccc4)c3)c3cc4ccccc4cc3-c3ccccc3C(C)(C)C)cc1C2(C)C. The second-order valence-corrected chi connectivity index (χ2v) is 15.1. The summed E-state index contributed by atoms with van der Waals surface area (Å²) in [6.45, 7) is 13.9. The van der Waals surface area contributed by atoms with Gasteiger partial charge in [0, 0.05) is 22.4 Å². The highest BCUT2D eigenvalue weighted by molar-refractivity contribution is 5.99. The largest absolute Gasteiger partial charge is 0.310 e. The second kappa shape index (κ2) is 11.6. The van der Waals surface area contributed by atoms with E-state index in [4.69, 9.17) is 0 Å². The molecule has 49 heavy (non-hydrogen) atoms. The molecular weight excluding hydrogens is 591 g/mol. The summed E-state index contributed by atoms with van der Waals surface area (Å²) in [5.74, 6) is 0. The van der Waals surface area contributed by atoms with Gasteiger partial charge < -0.3 is 4.90 Å². The van der Waals surface area contributed by atoms with Gasteiger partial charge in [-0.1, -0.05) is 150 Å². The molecule has 0 saturated carbocycles. The molecule has 0 bridgehead atoms. The number of nitrogens with zero attached hydrogens (tertiary/aromatic N) is 1. The Morgan fingerprint density at radius 2 is 1.14 bits per heavy atom. The van der Waals surface area contributed by atoms with Crippen molar-refractivity contribution in [2.24, 2.45) is 0 Å². The van der Waals surface area contributed by atoms with Crippen molar-refractivity contribution in [2.45, 2.75) is 52.4 Å². The van der Waals surface area contributed by atoms with Gasteiger partial charge in [0.25, 0.3) is 0 Å². The summed E-state index contributed by atoms with van der Waals surface area (Å²) in [7, 11) is 0. The molecule has 0 radical (unpaired) electrons. The highest BCUT2D eigenvalue weighted by atomic mass is 15.1. The van der Waals surface area contributed by atoms with Crippen molar-refractivity contribution in [3.8, 4) is 33.4 Å². The third-order valence-corrected chi connectivity index (χ3v) is 10.5. The number of aryl methyl sites for hydroxylation is 1. The average Bonchev–Trinajstić information content (AvgIpc) is 3.35. The van der Waals surface area contributed by atoms with Gasteiger partial charge in [-0.2, -0.15) is 0 Å². The molecular formula is C48H43N. The van der Waals surface area contributed by atoms with Crippen LogP contribution in [0.3, 0.4) is 0 Å². The van der Waals surface area contributed by atoms with Gasteiger partial charge in [-0.25, -0.2) is 0 Å². The Balaban J connectivity index is 1.43. The van der Waals surface area contributed by atoms with Crippen molar-refractivity contribution in [3.05, 3.63) is 174 Å². The van der Waals surface area contributed by atoms with Crippen LogP contribution in [0.5, 0.6) is 0 Å². The molecule has 1 aliphatic rings. The Morgan fingerprint density at radius 3 is 1.92 bits per heavy atom. The van der Waals surface area contributed by atoms with E-state index in [1.165, 1.54) is 72.1 Å². The first-order valence-corrected chi connectivity index (χ1v) is 17.4. The van der Waals surface area contributed by atoms with Crippen LogP contribution in [0.25, 0.3) is 44.2 Å². The van der Waals surface area contributed by atoms with Crippen molar-refractivity contribution in [1.82, 2.24) is 0 Å². The molecule has 0 saturated heterocycles. The highest BCUT2D eigenvalue weighted by Gasteiger charge is 2.37. The van der Waals surface area contributed by atoms with Crippen molar-refractivity contribution >= 4 is 27.8 Å². The molecule has 0 atom stereocenters. The third-order valence-electron chi connectivity index (χ3n) is 10.5. The average molecular weight is 634 g/mol. The molecule has 8 rings (SSSR count). The maximum Gasteiger partial charge on any atom is 0.0546 e. The second-order valence-electron chi connectivity index (χ2n) is 15.1. The molecule has 7 aromatic rings. The monoisotopic (exact) mass is 633 g/mol. The van der Waals surface area contributed by atoms with Crippen molar-refractivity contribution in [3.63, 3.8) is 0 Å². The summed E-state index contributed by atoms with van der Waals surface area (Å²) >= 11 is 0. The zero-order chi connectivity index (χ0) is 33.9. The fourth-order valence-electron chi connectivity index (χ4n) is 7.98. The molecule has 0 amide bonds. The summed E-state index contributed by atoms with van der Waals surface area (Å²) < 4.78 is 0. The summed E-state index contributed by atoms with van der Waals surface area (Å²) in [6.07, 6.45) is 0. The van der Waals surface area contributed by atoms with E-state index in [1.54, 1.807) is 0 Å². The molecule has 0 N–H and O–H groups in total. The van der Waals surface area contributed by atoms with Crippen LogP contribution < -0.4 is 4.90 Å². The van der Waals surface area contributed by atoms with Crippen LogP contribution in [0, 0.1) is 6.92 Å². The molecule has 0 aliphatic heterocycles. The number of benzene rings is 7. The number of hydrogen-bond acceptors (Lipinski definition) is 1. The van der Waals surface area contributed by atoms with Gasteiger partial charge in [0.1, 0.15) is 0 Å². The number of hydrogen-bond donors (Lipinski definition) is 0. The van der Waals surface area contributed by atoms with Crippen LogP contribution in [0.1, 0.15) is 56.9 Å². The van der Waals surface area contributed by atoms with Crippen LogP contribution >= 0.6 is 0 Å². The van der Waals surface area contributed by atoms with Gasteiger partial charge in [-0.15, -0.1) is 0 Å². The van der Waals surface area contributed by atoms with E-state index in [0.29, 0.717) is 0 Å². The molecule has 1 heteroatoms. The van der Waals surface area contributed by atoms with E-state index in [9.17, 15) is 0 Å². The Labute approximate surface area is 291 Å². The zero-order valence-corrected chi connectivity index (χ0v) is 29.4. The first kappa shape index (κ1) is 30.9. The predicted molar refractivity (Wildman–Crippen MR) is 211 cm³/mol. The lowest BCUT2D eigenvalue weighted by molar-refractivity contribution is 0.592. The van der Waals surface area contributed by atoms with Crippen molar-refractivity contribution in [1.29, 1.82) is 0 Å². The summed E-state index contributed by atoms with van der Waals surface area (Å²) in [4.78, 5) is 2.50. The van der Waals surface area contributed by atoms with Gasteiger partial charge in [0.2, 0.25) is 0 Å². The highest BCUT2D eigenvalue weighted by Crippen LogP contribution is 2.53. The first-order valence-electron chi connectivity index (χ1n) is 17.4. The lowest BCUT2D eigenvalue weighted by Gasteiger charge is -2.32. The molecule has 1 nitrogen and oxygen atoms in total. The topological polar surface area (TPSA) is 3.24 Å². The van der Waals surface area contributed by atoms with E-state index < -0.39 is 0 Å². The number of fused-ring (bicyclic) bond motifs is 4. The van der Waals surface area contributed by atoms with E-state index >= 15 is 0 Å². The number of rotatable bonds is 5. The fourth-order valence-corrected chi connectivity index (χ4v) is 7.98. The molecule has 0 unspecified atom stereocenters. The lowest BCUT2D eigenvalue weighted by Crippen LogP contribution is -2.17. The molecule has 1 aliphatic carbocycles. The normalized spacial score (nSPS) is 13.3. The Morgan fingerprint density at radius 1 is 0.490 bits per heavy atom. The minimum absolute atomic E-state index is 0.0290. The van der Waals surface area contributed by atoms with E-state index in [1.807, 2.05) is 0 Å². The smallest absolute Gasteiger partial charge is 0.0546 e. The van der Waals surface area contributed by atoms with Crippen LogP contribution in [-0.2, 0) is 10.8 Å². The quantitative estimate of drug-likeness (QED) is 0.182. The zero-order valence-electron chi connectivity index (χ0n) is 29.4. The molecule has 0 aromatic heterocycles. The van der Waals surface area contributed by atoms with Crippen LogP contribution in [-0.4, -0.2) is 0 Å². The van der Waals surface area contributed by atoms with Crippen molar-refractivity contribution < 1.29 is 0 Å². The molecule has 240 valence electrons. The minimum atomic E-state index is -0.116. The lowest BCUT2D eigenvalue weighted by atomic mass is 9.81. The van der Waals surface area contributed by atoms with E-state index in [2.05, 4.69) is 198 Å².